The summed E-state index contributed by atoms with van der Waals surface area (Å²) in [6, 6.07) is 10.4. The summed E-state index contributed by atoms with van der Waals surface area (Å²) in [5.41, 5.74) is 0.578. The van der Waals surface area contributed by atoms with Gasteiger partial charge >= 0.3 is 0 Å². The van der Waals surface area contributed by atoms with Gasteiger partial charge in [-0.3, -0.25) is 9.52 Å². The van der Waals surface area contributed by atoms with E-state index >= 15 is 0 Å². The van der Waals surface area contributed by atoms with Crippen molar-refractivity contribution in [3.63, 3.8) is 0 Å². The zero-order valence-corrected chi connectivity index (χ0v) is 16.2. The van der Waals surface area contributed by atoms with Crippen molar-refractivity contribution in [2.24, 2.45) is 0 Å². The van der Waals surface area contributed by atoms with Crippen LogP contribution in [0.4, 0.5) is 5.69 Å². The van der Waals surface area contributed by atoms with Gasteiger partial charge in [0.1, 0.15) is 0 Å². The lowest BCUT2D eigenvalue weighted by molar-refractivity contribution is 0.0724. The average molecular weight is 413 g/mol. The summed E-state index contributed by atoms with van der Waals surface area (Å²) in [5, 5.41) is 0.750. The van der Waals surface area contributed by atoms with Gasteiger partial charge in [-0.1, -0.05) is 23.2 Å². The van der Waals surface area contributed by atoms with E-state index in [1.807, 2.05) is 0 Å². The van der Waals surface area contributed by atoms with Crippen LogP contribution in [0.2, 0.25) is 10.0 Å². The van der Waals surface area contributed by atoms with Crippen molar-refractivity contribution in [1.82, 2.24) is 4.90 Å². The Hall–Kier alpha value is -1.76. The zero-order valence-electron chi connectivity index (χ0n) is 13.9. The Kier molecular flexibility index (Phi) is 5.75. The number of amides is 1. The second-order valence-corrected chi connectivity index (χ2v) is 8.63. The summed E-state index contributed by atoms with van der Waals surface area (Å²) in [4.78, 5) is 14.5. The topological polar surface area (TPSA) is 66.5 Å². The van der Waals surface area contributed by atoms with E-state index in [0.29, 0.717) is 28.7 Å². The van der Waals surface area contributed by atoms with Crippen LogP contribution in [0, 0.1) is 0 Å². The summed E-state index contributed by atoms with van der Waals surface area (Å²) in [6.07, 6.45) is 3.04. The fraction of sp³-hybridized carbons (Fsp3) is 0.278. The highest BCUT2D eigenvalue weighted by Gasteiger charge is 2.22. The Morgan fingerprint density at radius 2 is 1.62 bits per heavy atom. The van der Waals surface area contributed by atoms with E-state index in [-0.39, 0.29) is 16.5 Å². The SMILES string of the molecule is O=C(c1cc(NS(=O)(=O)c2ccc(Cl)cc2)ccc1Cl)N1CCCCC1. The van der Waals surface area contributed by atoms with Crippen LogP contribution < -0.4 is 4.72 Å². The number of halogens is 2. The number of benzene rings is 2. The van der Waals surface area contributed by atoms with E-state index in [0.717, 1.165) is 19.3 Å². The van der Waals surface area contributed by atoms with Gasteiger partial charge in [0.05, 0.1) is 15.5 Å². The Morgan fingerprint density at radius 1 is 0.962 bits per heavy atom. The van der Waals surface area contributed by atoms with Crippen LogP contribution in [-0.2, 0) is 10.0 Å². The zero-order chi connectivity index (χ0) is 18.7. The van der Waals surface area contributed by atoms with E-state index in [2.05, 4.69) is 4.72 Å². The predicted molar refractivity (Wildman–Crippen MR) is 103 cm³/mol. The Balaban J connectivity index is 1.85. The van der Waals surface area contributed by atoms with Gasteiger partial charge in [-0.25, -0.2) is 8.42 Å². The quantitative estimate of drug-likeness (QED) is 0.807. The summed E-state index contributed by atoms with van der Waals surface area (Å²) < 4.78 is 27.5. The minimum Gasteiger partial charge on any atom is -0.339 e. The molecule has 0 spiro atoms. The van der Waals surface area contributed by atoms with E-state index in [4.69, 9.17) is 23.2 Å². The lowest BCUT2D eigenvalue weighted by Gasteiger charge is -2.27. The maximum absolute atomic E-state index is 12.7. The fourth-order valence-electron chi connectivity index (χ4n) is 2.85. The van der Waals surface area contributed by atoms with E-state index < -0.39 is 10.0 Å². The number of anilines is 1. The first kappa shape index (κ1) is 19.0. The molecular weight excluding hydrogens is 395 g/mol. The number of nitrogens with one attached hydrogen (secondary N) is 1. The number of carbonyl (C=O) groups excluding carboxylic acids is 1. The first-order valence-electron chi connectivity index (χ1n) is 8.24. The molecule has 2 aromatic carbocycles. The van der Waals surface area contributed by atoms with Gasteiger partial charge in [-0.15, -0.1) is 0 Å². The highest BCUT2D eigenvalue weighted by molar-refractivity contribution is 7.92. The third-order valence-corrected chi connectivity index (χ3v) is 6.19. The summed E-state index contributed by atoms with van der Waals surface area (Å²) in [6.45, 7) is 1.38. The number of piperidine rings is 1. The number of hydrogen-bond donors (Lipinski definition) is 1. The number of rotatable bonds is 4. The molecule has 1 aliphatic rings. The molecule has 1 saturated heterocycles. The fourth-order valence-corrected chi connectivity index (χ4v) is 4.22. The first-order chi connectivity index (χ1) is 12.4. The standard InChI is InChI=1S/C18H18Cl2N2O3S/c19-13-4-7-15(8-5-13)26(24,25)21-14-6-9-17(20)16(12-14)18(23)22-10-2-1-3-11-22/h4-9,12,21H,1-3,10-11H2. The van der Waals surface area contributed by atoms with Gasteiger partial charge in [-0.2, -0.15) is 0 Å². The van der Waals surface area contributed by atoms with Crippen molar-refractivity contribution < 1.29 is 13.2 Å². The molecule has 1 amide bonds. The average Bonchev–Trinajstić information content (AvgIpc) is 2.63. The second-order valence-electron chi connectivity index (χ2n) is 6.11. The maximum Gasteiger partial charge on any atom is 0.261 e. The minimum atomic E-state index is -3.79. The van der Waals surface area contributed by atoms with E-state index in [1.165, 1.54) is 42.5 Å². The molecule has 5 nitrogen and oxygen atoms in total. The van der Waals surface area contributed by atoms with Crippen LogP contribution in [0.25, 0.3) is 0 Å². The van der Waals surface area contributed by atoms with Gasteiger partial charge in [-0.05, 0) is 61.7 Å². The van der Waals surface area contributed by atoms with E-state index in [9.17, 15) is 13.2 Å². The van der Waals surface area contributed by atoms with E-state index in [1.54, 1.807) is 4.90 Å². The van der Waals surface area contributed by atoms with Crippen LogP contribution in [0.5, 0.6) is 0 Å². The third kappa shape index (κ3) is 4.31. The second kappa shape index (κ2) is 7.86. The molecule has 1 N–H and O–H groups in total. The lowest BCUT2D eigenvalue weighted by Crippen LogP contribution is -2.35. The van der Waals surface area contributed by atoms with Crippen molar-refractivity contribution in [2.45, 2.75) is 24.2 Å². The number of likely N-dealkylation sites (tertiary alicyclic amines) is 1. The molecule has 0 saturated carbocycles. The molecule has 1 aliphatic heterocycles. The van der Waals surface area contributed by atoms with Crippen LogP contribution in [-0.4, -0.2) is 32.3 Å². The van der Waals surface area contributed by atoms with Crippen molar-refractivity contribution >= 4 is 44.8 Å². The molecule has 138 valence electrons. The molecule has 1 fully saturated rings. The molecule has 0 atom stereocenters. The Bertz CT molecular complexity index is 909. The third-order valence-electron chi connectivity index (χ3n) is 4.22. The van der Waals surface area contributed by atoms with Crippen molar-refractivity contribution in [3.8, 4) is 0 Å². The molecule has 0 unspecified atom stereocenters. The van der Waals surface area contributed by atoms with Crippen LogP contribution >= 0.6 is 23.2 Å². The summed E-state index contributed by atoms with van der Waals surface area (Å²) in [7, 11) is -3.79. The summed E-state index contributed by atoms with van der Waals surface area (Å²) in [5.74, 6) is -0.178. The van der Waals surface area contributed by atoms with Gasteiger partial charge in [0.15, 0.2) is 0 Å². The van der Waals surface area contributed by atoms with Gasteiger partial charge in [0.2, 0.25) is 0 Å². The highest BCUT2D eigenvalue weighted by atomic mass is 35.5. The largest absolute Gasteiger partial charge is 0.339 e. The van der Waals surface area contributed by atoms with Crippen molar-refractivity contribution in [1.29, 1.82) is 0 Å². The molecule has 8 heteroatoms. The monoisotopic (exact) mass is 412 g/mol. The molecular formula is C18H18Cl2N2O3S. The van der Waals surface area contributed by atoms with Gasteiger partial charge < -0.3 is 4.90 Å². The number of hydrogen-bond acceptors (Lipinski definition) is 3. The van der Waals surface area contributed by atoms with Gasteiger partial charge in [0, 0.05) is 23.8 Å². The van der Waals surface area contributed by atoms with Crippen LogP contribution in [0.1, 0.15) is 29.6 Å². The Labute approximate surface area is 163 Å². The number of carbonyl (C=O) groups is 1. The first-order valence-corrected chi connectivity index (χ1v) is 10.5. The normalized spacial score (nSPS) is 14.9. The molecule has 0 aromatic heterocycles. The maximum atomic E-state index is 12.7. The molecule has 26 heavy (non-hydrogen) atoms. The molecule has 0 radical (unpaired) electrons. The van der Waals surface area contributed by atoms with Crippen LogP contribution in [0.15, 0.2) is 47.4 Å². The number of nitrogens with zero attached hydrogens (tertiary/aromatic N) is 1. The molecule has 2 aromatic rings. The van der Waals surface area contributed by atoms with Crippen molar-refractivity contribution in [2.75, 3.05) is 17.8 Å². The van der Waals surface area contributed by atoms with Crippen LogP contribution in [0.3, 0.4) is 0 Å². The molecule has 0 bridgehead atoms. The highest BCUT2D eigenvalue weighted by Crippen LogP contribution is 2.25. The molecule has 1 heterocycles. The lowest BCUT2D eigenvalue weighted by atomic mass is 10.1. The smallest absolute Gasteiger partial charge is 0.261 e. The number of sulfonamides is 1. The van der Waals surface area contributed by atoms with Gasteiger partial charge in [0.25, 0.3) is 15.9 Å². The Morgan fingerprint density at radius 3 is 2.27 bits per heavy atom. The van der Waals surface area contributed by atoms with Crippen molar-refractivity contribution in [3.05, 3.63) is 58.1 Å². The summed E-state index contributed by atoms with van der Waals surface area (Å²) >= 11 is 12.0. The molecule has 3 rings (SSSR count). The minimum absolute atomic E-state index is 0.0840. The molecule has 0 aliphatic carbocycles. The predicted octanol–water partition coefficient (Wildman–Crippen LogP) is 4.42.